The van der Waals surface area contributed by atoms with E-state index in [4.69, 9.17) is 5.11 Å². The van der Waals surface area contributed by atoms with Crippen molar-refractivity contribution in [2.75, 3.05) is 36.1 Å². The van der Waals surface area contributed by atoms with Crippen LogP contribution in [0.5, 0.6) is 0 Å². The highest BCUT2D eigenvalue weighted by atomic mass is 32.2. The van der Waals surface area contributed by atoms with Gasteiger partial charge in [0.2, 0.25) is 0 Å². The standard InChI is InChI=1S/C12H19NO3S/c1-2-17(15,16)11-9-13(8-10-14)12-6-4-3-5-7-12/h3-7,14H,2,8-11H2,1H3. The molecule has 4 nitrogen and oxygen atoms in total. The molecule has 17 heavy (non-hydrogen) atoms. The minimum Gasteiger partial charge on any atom is -0.395 e. The number of hydrogen-bond acceptors (Lipinski definition) is 4. The molecule has 0 heterocycles. The first-order valence-electron chi connectivity index (χ1n) is 5.70. The van der Waals surface area contributed by atoms with Gasteiger partial charge in [-0.2, -0.15) is 0 Å². The van der Waals surface area contributed by atoms with Crippen molar-refractivity contribution in [3.63, 3.8) is 0 Å². The van der Waals surface area contributed by atoms with Crippen molar-refractivity contribution in [1.29, 1.82) is 0 Å². The van der Waals surface area contributed by atoms with E-state index in [0.717, 1.165) is 5.69 Å². The maximum absolute atomic E-state index is 11.5. The average Bonchev–Trinajstić information content (AvgIpc) is 2.35. The highest BCUT2D eigenvalue weighted by molar-refractivity contribution is 7.91. The predicted octanol–water partition coefficient (Wildman–Crippen LogP) is 0.920. The SMILES string of the molecule is CCS(=O)(=O)CCN(CCO)c1ccccc1. The summed E-state index contributed by atoms with van der Waals surface area (Å²) in [6.45, 7) is 2.53. The molecule has 0 spiro atoms. The van der Waals surface area contributed by atoms with E-state index < -0.39 is 9.84 Å². The molecule has 0 aliphatic carbocycles. The maximum atomic E-state index is 11.5. The lowest BCUT2D eigenvalue weighted by molar-refractivity contribution is 0.302. The van der Waals surface area contributed by atoms with E-state index in [-0.39, 0.29) is 18.1 Å². The smallest absolute Gasteiger partial charge is 0.151 e. The molecule has 0 fully saturated rings. The molecule has 0 unspecified atom stereocenters. The van der Waals surface area contributed by atoms with Gasteiger partial charge in [0.05, 0.1) is 12.4 Å². The van der Waals surface area contributed by atoms with E-state index in [1.807, 2.05) is 35.2 Å². The zero-order chi connectivity index (χ0) is 12.7. The van der Waals surface area contributed by atoms with Gasteiger partial charge in [0.15, 0.2) is 9.84 Å². The van der Waals surface area contributed by atoms with Crippen LogP contribution in [0, 0.1) is 0 Å². The molecule has 1 aromatic rings. The minimum atomic E-state index is -2.96. The molecule has 0 radical (unpaired) electrons. The summed E-state index contributed by atoms with van der Waals surface area (Å²) in [7, 11) is -2.96. The molecule has 0 aliphatic rings. The van der Waals surface area contributed by atoms with Gasteiger partial charge < -0.3 is 10.0 Å². The van der Waals surface area contributed by atoms with Crippen molar-refractivity contribution in [1.82, 2.24) is 0 Å². The van der Waals surface area contributed by atoms with Gasteiger partial charge in [0, 0.05) is 24.5 Å². The third kappa shape index (κ3) is 4.75. The Labute approximate surface area is 103 Å². The quantitative estimate of drug-likeness (QED) is 0.789. The van der Waals surface area contributed by atoms with Crippen LogP contribution >= 0.6 is 0 Å². The van der Waals surface area contributed by atoms with Gasteiger partial charge in [-0.1, -0.05) is 25.1 Å². The highest BCUT2D eigenvalue weighted by Gasteiger charge is 2.11. The number of rotatable bonds is 7. The lowest BCUT2D eigenvalue weighted by Crippen LogP contribution is -2.32. The molecule has 5 heteroatoms. The Morgan fingerprint density at radius 3 is 2.35 bits per heavy atom. The first kappa shape index (κ1) is 14.0. The van der Waals surface area contributed by atoms with Crippen LogP contribution in [-0.2, 0) is 9.84 Å². The van der Waals surface area contributed by atoms with Crippen LogP contribution in [0.2, 0.25) is 0 Å². The van der Waals surface area contributed by atoms with Crippen molar-refractivity contribution in [3.05, 3.63) is 30.3 Å². The second-order valence-corrected chi connectivity index (χ2v) is 6.26. The number of nitrogens with zero attached hydrogens (tertiary/aromatic N) is 1. The molecule has 0 bridgehead atoms. The van der Waals surface area contributed by atoms with E-state index in [1.165, 1.54) is 0 Å². The summed E-state index contributed by atoms with van der Waals surface area (Å²) in [5.74, 6) is 0.285. The van der Waals surface area contributed by atoms with Gasteiger partial charge >= 0.3 is 0 Å². The molecule has 0 aliphatic heterocycles. The van der Waals surface area contributed by atoms with Gasteiger partial charge in [0.25, 0.3) is 0 Å². The van der Waals surface area contributed by atoms with Gasteiger partial charge in [-0.25, -0.2) is 8.42 Å². The summed E-state index contributed by atoms with van der Waals surface area (Å²) < 4.78 is 22.9. The monoisotopic (exact) mass is 257 g/mol. The fourth-order valence-corrected chi connectivity index (χ4v) is 2.31. The average molecular weight is 257 g/mol. The Balaban J connectivity index is 2.68. The summed E-state index contributed by atoms with van der Waals surface area (Å²) >= 11 is 0. The van der Waals surface area contributed by atoms with Crippen molar-refractivity contribution in [3.8, 4) is 0 Å². The number of hydrogen-bond donors (Lipinski definition) is 1. The van der Waals surface area contributed by atoms with Gasteiger partial charge in [0.1, 0.15) is 0 Å². The Kier molecular flexibility index (Phi) is 5.44. The highest BCUT2D eigenvalue weighted by Crippen LogP contribution is 2.12. The van der Waals surface area contributed by atoms with E-state index in [0.29, 0.717) is 13.1 Å². The first-order chi connectivity index (χ1) is 8.09. The Morgan fingerprint density at radius 2 is 1.82 bits per heavy atom. The van der Waals surface area contributed by atoms with Crippen molar-refractivity contribution >= 4 is 15.5 Å². The second-order valence-electron chi connectivity index (χ2n) is 3.78. The molecule has 1 aromatic carbocycles. The zero-order valence-electron chi connectivity index (χ0n) is 10.0. The molecule has 0 saturated heterocycles. The van der Waals surface area contributed by atoms with E-state index >= 15 is 0 Å². The van der Waals surface area contributed by atoms with Crippen molar-refractivity contribution in [2.24, 2.45) is 0 Å². The first-order valence-corrected chi connectivity index (χ1v) is 7.52. The fraction of sp³-hybridized carbons (Fsp3) is 0.500. The molecule has 0 atom stereocenters. The number of benzene rings is 1. The number of para-hydroxylation sites is 1. The lowest BCUT2D eigenvalue weighted by Gasteiger charge is -2.23. The molecule has 0 saturated carbocycles. The number of anilines is 1. The van der Waals surface area contributed by atoms with E-state index in [1.54, 1.807) is 6.92 Å². The van der Waals surface area contributed by atoms with E-state index in [2.05, 4.69) is 0 Å². The largest absolute Gasteiger partial charge is 0.395 e. The van der Waals surface area contributed by atoms with Crippen molar-refractivity contribution in [2.45, 2.75) is 6.92 Å². The molecular formula is C12H19NO3S. The molecular weight excluding hydrogens is 238 g/mol. The summed E-state index contributed by atoms with van der Waals surface area (Å²) in [6, 6.07) is 9.52. The van der Waals surface area contributed by atoms with E-state index in [9.17, 15) is 8.42 Å². The molecule has 96 valence electrons. The minimum absolute atomic E-state index is 0.0149. The summed E-state index contributed by atoms with van der Waals surface area (Å²) in [6.07, 6.45) is 0. The summed E-state index contributed by atoms with van der Waals surface area (Å²) in [4.78, 5) is 1.88. The molecule has 0 amide bonds. The number of aliphatic hydroxyl groups excluding tert-OH is 1. The normalized spacial score (nSPS) is 11.4. The van der Waals surface area contributed by atoms with Crippen LogP contribution in [0.1, 0.15) is 6.92 Å². The number of aliphatic hydroxyl groups is 1. The van der Waals surface area contributed by atoms with Gasteiger partial charge in [-0.15, -0.1) is 0 Å². The van der Waals surface area contributed by atoms with Crippen LogP contribution in [0.3, 0.4) is 0 Å². The van der Waals surface area contributed by atoms with Crippen LogP contribution in [0.4, 0.5) is 5.69 Å². The Hall–Kier alpha value is -1.07. The topological polar surface area (TPSA) is 57.6 Å². The summed E-state index contributed by atoms with van der Waals surface area (Å²) in [5.41, 5.74) is 0.938. The third-order valence-corrected chi connectivity index (χ3v) is 4.29. The molecule has 1 rings (SSSR count). The van der Waals surface area contributed by atoms with Gasteiger partial charge in [-0.3, -0.25) is 0 Å². The Morgan fingerprint density at radius 1 is 1.18 bits per heavy atom. The van der Waals surface area contributed by atoms with Crippen LogP contribution in [-0.4, -0.2) is 44.7 Å². The fourth-order valence-electron chi connectivity index (χ4n) is 1.52. The van der Waals surface area contributed by atoms with Crippen LogP contribution in [0.25, 0.3) is 0 Å². The summed E-state index contributed by atoms with van der Waals surface area (Å²) in [5, 5.41) is 8.99. The number of sulfone groups is 1. The van der Waals surface area contributed by atoms with Crippen LogP contribution in [0.15, 0.2) is 30.3 Å². The zero-order valence-corrected chi connectivity index (χ0v) is 10.9. The Bertz CT molecular complexity index is 417. The second kappa shape index (κ2) is 6.61. The van der Waals surface area contributed by atoms with Crippen molar-refractivity contribution < 1.29 is 13.5 Å². The van der Waals surface area contributed by atoms with Crippen LogP contribution < -0.4 is 4.90 Å². The molecule has 0 aromatic heterocycles. The maximum Gasteiger partial charge on any atom is 0.151 e. The predicted molar refractivity (Wildman–Crippen MR) is 70.1 cm³/mol. The molecule has 1 N–H and O–H groups in total. The van der Waals surface area contributed by atoms with Gasteiger partial charge in [-0.05, 0) is 12.1 Å². The third-order valence-electron chi connectivity index (χ3n) is 2.60. The lowest BCUT2D eigenvalue weighted by atomic mass is 10.3.